The number of hydrogen-bond acceptors (Lipinski definition) is 4. The van der Waals surface area contributed by atoms with Crippen molar-refractivity contribution in [1.82, 2.24) is 0 Å². The van der Waals surface area contributed by atoms with Crippen LogP contribution >= 0.6 is 0 Å². The molecule has 0 aliphatic carbocycles. The van der Waals surface area contributed by atoms with Crippen LogP contribution in [0.1, 0.15) is 11.3 Å². The lowest BCUT2D eigenvalue weighted by molar-refractivity contribution is -0.687. The van der Waals surface area contributed by atoms with Crippen LogP contribution < -0.4 is 9.50 Å². The lowest BCUT2D eigenvalue weighted by Gasteiger charge is -2.04. The summed E-state index contributed by atoms with van der Waals surface area (Å²) in [6, 6.07) is 10.8. The number of hydrogen-bond donors (Lipinski definition) is 1. The minimum atomic E-state index is -3.46. The van der Waals surface area contributed by atoms with Crippen LogP contribution in [0, 0.1) is 0 Å². The van der Waals surface area contributed by atoms with Crippen molar-refractivity contribution in [3.8, 4) is 5.75 Å². The zero-order valence-electron chi connectivity index (χ0n) is 10.6. The van der Waals surface area contributed by atoms with Gasteiger partial charge in [-0.25, -0.2) is 0 Å². The Hall–Kier alpha value is -1.79. The van der Waals surface area contributed by atoms with Crippen molar-refractivity contribution in [2.24, 2.45) is 0 Å². The molecule has 0 saturated carbocycles. The third-order valence-electron chi connectivity index (χ3n) is 2.48. The van der Waals surface area contributed by atoms with E-state index >= 15 is 0 Å². The molecule has 2 aromatic rings. The number of nitrogens with two attached hydrogens (primary N) is 1. The van der Waals surface area contributed by atoms with E-state index in [1.54, 1.807) is 18.4 Å². The zero-order chi connectivity index (χ0) is 13.7. The van der Waals surface area contributed by atoms with Crippen molar-refractivity contribution in [2.45, 2.75) is 13.1 Å². The van der Waals surface area contributed by atoms with Gasteiger partial charge in [0.05, 0.1) is 12.5 Å². The quantitative estimate of drug-likeness (QED) is 0.798. The van der Waals surface area contributed by atoms with Gasteiger partial charge in [0, 0.05) is 5.56 Å². The fourth-order valence-electron chi connectivity index (χ4n) is 1.67. The first-order chi connectivity index (χ1) is 9.03. The molecule has 0 saturated heterocycles. The van der Waals surface area contributed by atoms with Crippen LogP contribution in [0.3, 0.4) is 0 Å². The molecule has 0 atom stereocenters. The van der Waals surface area contributed by atoms with Gasteiger partial charge >= 0.3 is 10.1 Å². The van der Waals surface area contributed by atoms with Crippen LogP contribution in [0.25, 0.3) is 0 Å². The molecule has 6 heteroatoms. The predicted octanol–water partition coefficient (Wildman–Crippen LogP) is 0.882. The number of rotatable bonds is 6. The Kier molecular flexibility index (Phi) is 4.24. The van der Waals surface area contributed by atoms with Crippen LogP contribution in [-0.4, -0.2) is 14.7 Å². The van der Waals surface area contributed by atoms with E-state index in [2.05, 4.69) is 5.32 Å². The van der Waals surface area contributed by atoms with E-state index < -0.39 is 10.1 Å². The van der Waals surface area contributed by atoms with E-state index in [9.17, 15) is 8.42 Å². The molecule has 0 aliphatic rings. The molecule has 0 unspecified atom stereocenters. The molecule has 1 aromatic heterocycles. The van der Waals surface area contributed by atoms with Crippen molar-refractivity contribution in [3.63, 3.8) is 0 Å². The van der Waals surface area contributed by atoms with Gasteiger partial charge in [-0.3, -0.25) is 0 Å². The van der Waals surface area contributed by atoms with Gasteiger partial charge < -0.3 is 13.9 Å². The topological polar surface area (TPSA) is 73.1 Å². The van der Waals surface area contributed by atoms with Crippen LogP contribution in [0.5, 0.6) is 5.75 Å². The third-order valence-corrected chi connectivity index (χ3v) is 2.97. The molecule has 19 heavy (non-hydrogen) atoms. The van der Waals surface area contributed by atoms with E-state index in [0.29, 0.717) is 5.75 Å². The molecule has 0 fully saturated rings. The molecular weight excluding hydrogens is 266 g/mol. The number of benzene rings is 1. The van der Waals surface area contributed by atoms with Crippen molar-refractivity contribution in [2.75, 3.05) is 6.26 Å². The van der Waals surface area contributed by atoms with Gasteiger partial charge in [0.1, 0.15) is 18.8 Å². The summed E-state index contributed by atoms with van der Waals surface area (Å²) in [4.78, 5) is 0. The Labute approximate surface area is 112 Å². The third kappa shape index (κ3) is 4.76. The van der Waals surface area contributed by atoms with E-state index in [4.69, 9.17) is 8.60 Å². The summed E-state index contributed by atoms with van der Waals surface area (Å²) in [5.74, 6) is 1.26. The Balaban J connectivity index is 1.85. The van der Waals surface area contributed by atoms with Gasteiger partial charge in [-0.1, -0.05) is 0 Å². The lowest BCUT2D eigenvalue weighted by atomic mass is 10.2. The monoisotopic (exact) mass is 282 g/mol. The van der Waals surface area contributed by atoms with Crippen molar-refractivity contribution < 1.29 is 22.3 Å². The Bertz CT molecular complexity index is 603. The van der Waals surface area contributed by atoms with Gasteiger partial charge in [0.2, 0.25) is 0 Å². The first-order valence-corrected chi connectivity index (χ1v) is 7.67. The average Bonchev–Trinajstić information content (AvgIpc) is 2.82. The van der Waals surface area contributed by atoms with Gasteiger partial charge in [-0.15, -0.1) is 0 Å². The molecule has 0 aliphatic heterocycles. The molecule has 0 spiro atoms. The minimum absolute atomic E-state index is 0.331. The second-order valence-corrected chi connectivity index (χ2v) is 5.78. The van der Waals surface area contributed by atoms with Crippen LogP contribution in [0.4, 0.5) is 0 Å². The molecule has 0 bridgehead atoms. The smallest absolute Gasteiger partial charge is 0.306 e. The van der Waals surface area contributed by atoms with Crippen molar-refractivity contribution >= 4 is 10.1 Å². The summed E-state index contributed by atoms with van der Waals surface area (Å²) in [5.41, 5.74) is 1.09. The lowest BCUT2D eigenvalue weighted by Crippen LogP contribution is -2.80. The summed E-state index contributed by atoms with van der Waals surface area (Å²) >= 11 is 0. The summed E-state index contributed by atoms with van der Waals surface area (Å²) in [7, 11) is -3.46. The second-order valence-electron chi connectivity index (χ2n) is 4.21. The second kappa shape index (κ2) is 5.90. The fourth-order valence-corrected chi connectivity index (χ4v) is 2.13. The highest BCUT2D eigenvalue weighted by atomic mass is 32.2. The maximum Gasteiger partial charge on any atom is 0.306 e. The predicted molar refractivity (Wildman–Crippen MR) is 70.0 cm³/mol. The first-order valence-electron chi connectivity index (χ1n) is 5.85. The maximum absolute atomic E-state index is 11.0. The van der Waals surface area contributed by atoms with Crippen molar-refractivity contribution in [3.05, 3.63) is 54.0 Å². The van der Waals surface area contributed by atoms with Gasteiger partial charge in [-0.2, -0.15) is 8.42 Å². The van der Waals surface area contributed by atoms with Gasteiger partial charge in [-0.05, 0) is 36.4 Å². The van der Waals surface area contributed by atoms with E-state index in [-0.39, 0.29) is 0 Å². The summed E-state index contributed by atoms with van der Waals surface area (Å²) in [5, 5.41) is 2.10. The van der Waals surface area contributed by atoms with Gasteiger partial charge in [0.15, 0.2) is 5.76 Å². The SMILES string of the molecule is CS(=O)(=O)Oc1ccc(C[NH2+]Cc2ccco2)cc1. The maximum atomic E-state index is 11.0. The summed E-state index contributed by atoms with van der Waals surface area (Å²) in [6.07, 6.45) is 2.68. The Morgan fingerprint density at radius 2 is 1.89 bits per heavy atom. The molecule has 102 valence electrons. The molecule has 1 heterocycles. The van der Waals surface area contributed by atoms with E-state index in [1.165, 1.54) is 0 Å². The van der Waals surface area contributed by atoms with Gasteiger partial charge in [0.25, 0.3) is 0 Å². The molecule has 0 amide bonds. The van der Waals surface area contributed by atoms with E-state index in [0.717, 1.165) is 30.7 Å². The highest BCUT2D eigenvalue weighted by Gasteiger charge is 2.04. The van der Waals surface area contributed by atoms with Crippen molar-refractivity contribution in [1.29, 1.82) is 0 Å². The Morgan fingerprint density at radius 1 is 1.16 bits per heavy atom. The fraction of sp³-hybridized carbons (Fsp3) is 0.231. The summed E-state index contributed by atoms with van der Waals surface area (Å²) < 4.78 is 31.9. The minimum Gasteiger partial charge on any atom is -0.463 e. The first kappa shape index (κ1) is 13.6. The molecule has 1 aromatic carbocycles. The van der Waals surface area contributed by atoms with Crippen LogP contribution in [-0.2, 0) is 23.2 Å². The highest BCUT2D eigenvalue weighted by Crippen LogP contribution is 2.13. The van der Waals surface area contributed by atoms with Crippen LogP contribution in [0.15, 0.2) is 47.1 Å². The van der Waals surface area contributed by atoms with E-state index in [1.807, 2.05) is 24.3 Å². The number of furan rings is 1. The average molecular weight is 282 g/mol. The molecule has 5 nitrogen and oxygen atoms in total. The van der Waals surface area contributed by atoms with Crippen LogP contribution in [0.2, 0.25) is 0 Å². The largest absolute Gasteiger partial charge is 0.463 e. The highest BCUT2D eigenvalue weighted by molar-refractivity contribution is 7.86. The standard InChI is InChI=1S/C13H15NO4S/c1-19(15,16)18-12-6-4-11(5-7-12)9-14-10-13-3-2-8-17-13/h2-8,14H,9-10H2,1H3/p+1. The molecule has 2 rings (SSSR count). The Morgan fingerprint density at radius 3 is 2.47 bits per heavy atom. The normalized spacial score (nSPS) is 11.4. The molecular formula is C13H16NO4S+. The number of quaternary nitrogens is 1. The summed E-state index contributed by atoms with van der Waals surface area (Å²) in [6.45, 7) is 1.56. The molecule has 2 N–H and O–H groups in total. The zero-order valence-corrected chi connectivity index (χ0v) is 11.4. The molecule has 0 radical (unpaired) electrons.